The highest BCUT2D eigenvalue weighted by Crippen LogP contribution is 2.39. The van der Waals surface area contributed by atoms with Gasteiger partial charge in [-0.1, -0.05) is 24.8 Å². The van der Waals surface area contributed by atoms with Crippen molar-refractivity contribution in [1.29, 1.82) is 0 Å². The van der Waals surface area contributed by atoms with Crippen molar-refractivity contribution in [2.75, 3.05) is 48.0 Å². The molecule has 198 valence electrons. The molecule has 4 heterocycles. The molecule has 0 atom stereocenters. The Kier molecular flexibility index (Phi) is 6.45. The van der Waals surface area contributed by atoms with E-state index in [0.29, 0.717) is 62.5 Å². The van der Waals surface area contributed by atoms with Crippen molar-refractivity contribution in [3.05, 3.63) is 83.3 Å². The highest BCUT2D eigenvalue weighted by atomic mass is 16.5. The second-order valence-corrected chi connectivity index (χ2v) is 9.36. The van der Waals surface area contributed by atoms with Crippen LogP contribution in [0.1, 0.15) is 5.56 Å². The molecule has 4 bridgehead atoms. The Morgan fingerprint density at radius 2 is 1.92 bits per heavy atom. The Labute approximate surface area is 225 Å². The largest absolute Gasteiger partial charge is 0.491 e. The molecule has 39 heavy (non-hydrogen) atoms. The molecule has 2 aliphatic rings. The van der Waals surface area contributed by atoms with Crippen LogP contribution < -0.4 is 25.4 Å². The number of anilines is 5. The number of nitrogens with one attached hydrogen (secondary N) is 1. The highest BCUT2D eigenvalue weighted by Gasteiger charge is 2.30. The summed E-state index contributed by atoms with van der Waals surface area (Å²) in [4.78, 5) is 39.6. The molecule has 4 aromatic rings. The summed E-state index contributed by atoms with van der Waals surface area (Å²) in [6.07, 6.45) is 3.03. The van der Waals surface area contributed by atoms with Gasteiger partial charge in [-0.2, -0.15) is 4.98 Å². The Balaban J connectivity index is 1.48. The van der Waals surface area contributed by atoms with E-state index in [0.717, 1.165) is 28.0 Å². The molecule has 2 aromatic carbocycles. The number of fused-ring (bicyclic) bond motifs is 4. The van der Waals surface area contributed by atoms with Crippen LogP contribution in [0.5, 0.6) is 5.75 Å². The van der Waals surface area contributed by atoms with Gasteiger partial charge in [0.05, 0.1) is 31.1 Å². The Bertz CT molecular complexity index is 1650. The van der Waals surface area contributed by atoms with Crippen LogP contribution in [0.2, 0.25) is 0 Å². The summed E-state index contributed by atoms with van der Waals surface area (Å²) in [5.41, 5.74) is 4.07. The van der Waals surface area contributed by atoms with E-state index in [4.69, 9.17) is 14.5 Å². The van der Waals surface area contributed by atoms with Crippen LogP contribution in [0.3, 0.4) is 0 Å². The molecular weight excluding hydrogens is 496 g/mol. The monoisotopic (exact) mass is 524 g/mol. The minimum absolute atomic E-state index is 0.172. The topological polar surface area (TPSA) is 102 Å². The first-order chi connectivity index (χ1) is 19.0. The average Bonchev–Trinajstić information content (AvgIpc) is 2.95. The number of benzene rings is 2. The number of pyridine rings is 1. The molecule has 0 fully saturated rings. The lowest BCUT2D eigenvalue weighted by molar-refractivity contribution is -0.114. The van der Waals surface area contributed by atoms with E-state index in [2.05, 4.69) is 16.9 Å². The maximum atomic E-state index is 14.1. The maximum absolute atomic E-state index is 14.1. The van der Waals surface area contributed by atoms with Crippen LogP contribution >= 0.6 is 0 Å². The first-order valence-corrected chi connectivity index (χ1v) is 12.8. The Hall–Kier alpha value is -4.70. The lowest BCUT2D eigenvalue weighted by Gasteiger charge is -2.38. The maximum Gasteiger partial charge on any atom is 0.276 e. The van der Waals surface area contributed by atoms with E-state index < -0.39 is 0 Å². The number of nitrogens with zero attached hydrogens (tertiary/aromatic N) is 5. The summed E-state index contributed by atoms with van der Waals surface area (Å²) in [5, 5.41) is 3.94. The lowest BCUT2D eigenvalue weighted by atomic mass is 10.1. The third-order valence-corrected chi connectivity index (χ3v) is 6.91. The normalized spacial score (nSPS) is 15.2. The fourth-order valence-corrected chi connectivity index (χ4v) is 5.10. The quantitative estimate of drug-likeness (QED) is 0.394. The van der Waals surface area contributed by atoms with E-state index in [-0.39, 0.29) is 11.5 Å². The number of amides is 1. The van der Waals surface area contributed by atoms with E-state index in [1.165, 1.54) is 6.08 Å². The molecule has 0 spiro atoms. The summed E-state index contributed by atoms with van der Waals surface area (Å²) < 4.78 is 13.2. The highest BCUT2D eigenvalue weighted by molar-refractivity contribution is 6.05. The third kappa shape index (κ3) is 4.59. The van der Waals surface area contributed by atoms with Crippen LogP contribution in [-0.4, -0.2) is 53.4 Å². The van der Waals surface area contributed by atoms with Gasteiger partial charge in [0.2, 0.25) is 5.95 Å². The van der Waals surface area contributed by atoms with E-state index in [1.54, 1.807) is 15.7 Å². The molecule has 10 heteroatoms. The molecule has 2 aromatic heterocycles. The fourth-order valence-electron chi connectivity index (χ4n) is 5.10. The van der Waals surface area contributed by atoms with Gasteiger partial charge in [0.15, 0.2) is 0 Å². The molecule has 6 rings (SSSR count). The molecule has 2 aliphatic heterocycles. The number of hydrogen-bond donors (Lipinski definition) is 1. The van der Waals surface area contributed by atoms with Gasteiger partial charge in [-0.25, -0.2) is 4.98 Å². The van der Waals surface area contributed by atoms with Crippen molar-refractivity contribution in [1.82, 2.24) is 14.5 Å². The van der Waals surface area contributed by atoms with Gasteiger partial charge in [0.1, 0.15) is 23.7 Å². The van der Waals surface area contributed by atoms with Crippen molar-refractivity contribution < 1.29 is 14.3 Å². The average molecular weight is 525 g/mol. The van der Waals surface area contributed by atoms with Crippen molar-refractivity contribution in [2.45, 2.75) is 13.5 Å². The zero-order valence-corrected chi connectivity index (χ0v) is 21.6. The third-order valence-electron chi connectivity index (χ3n) is 6.91. The van der Waals surface area contributed by atoms with Crippen molar-refractivity contribution in [3.8, 4) is 5.75 Å². The van der Waals surface area contributed by atoms with Crippen molar-refractivity contribution in [3.63, 3.8) is 0 Å². The minimum Gasteiger partial charge on any atom is -0.491 e. The first-order valence-electron chi connectivity index (χ1n) is 12.8. The van der Waals surface area contributed by atoms with Crippen molar-refractivity contribution >= 4 is 45.6 Å². The van der Waals surface area contributed by atoms with Crippen LogP contribution in [0, 0.1) is 6.92 Å². The number of para-hydroxylation sites is 1. The number of hydrogen-bond acceptors (Lipinski definition) is 8. The van der Waals surface area contributed by atoms with Crippen LogP contribution in [0.15, 0.2) is 72.2 Å². The lowest BCUT2D eigenvalue weighted by Crippen LogP contribution is -2.44. The van der Waals surface area contributed by atoms with Crippen LogP contribution in [0.4, 0.5) is 28.7 Å². The zero-order valence-electron chi connectivity index (χ0n) is 21.6. The SMILES string of the molecule is C=CC(=O)N1CCN(c2cc3cnc4nc3n(c2=O)CCOCCOc2cccc(c2)N4)c2cccc(C)c21. The number of rotatable bonds is 2. The van der Waals surface area contributed by atoms with E-state index in [9.17, 15) is 9.59 Å². The molecule has 0 saturated heterocycles. The van der Waals surface area contributed by atoms with E-state index in [1.807, 2.05) is 60.4 Å². The number of carbonyl (C=O) groups is 1. The summed E-state index contributed by atoms with van der Waals surface area (Å²) in [6, 6.07) is 15.2. The van der Waals surface area contributed by atoms with Gasteiger partial charge in [-0.05, 0) is 42.8 Å². The van der Waals surface area contributed by atoms with Gasteiger partial charge >= 0.3 is 0 Å². The number of aryl methyl sites for hydroxylation is 1. The molecule has 10 nitrogen and oxygen atoms in total. The zero-order chi connectivity index (χ0) is 26.9. The molecular formula is C29H28N6O4. The predicted molar refractivity (Wildman–Crippen MR) is 151 cm³/mol. The molecule has 1 N–H and O–H groups in total. The number of carbonyl (C=O) groups excluding carboxylic acids is 1. The Morgan fingerprint density at radius 3 is 2.79 bits per heavy atom. The molecule has 0 aliphatic carbocycles. The summed E-state index contributed by atoms with van der Waals surface area (Å²) in [5.74, 6) is 0.916. The molecule has 0 unspecified atom stereocenters. The first kappa shape index (κ1) is 24.6. The van der Waals surface area contributed by atoms with Gasteiger partial charge in [0, 0.05) is 36.4 Å². The number of ether oxygens (including phenoxy) is 2. The molecule has 0 radical (unpaired) electrons. The summed E-state index contributed by atoms with van der Waals surface area (Å²) >= 11 is 0. The van der Waals surface area contributed by atoms with Gasteiger partial charge in [0.25, 0.3) is 11.5 Å². The number of aromatic nitrogens is 3. The summed E-state index contributed by atoms with van der Waals surface area (Å²) in [6.45, 7) is 7.87. The molecule has 1 amide bonds. The van der Waals surface area contributed by atoms with Crippen LogP contribution in [0.25, 0.3) is 11.0 Å². The molecule has 0 saturated carbocycles. The van der Waals surface area contributed by atoms with Gasteiger partial charge in [-0.3, -0.25) is 14.2 Å². The second-order valence-electron chi connectivity index (χ2n) is 9.36. The van der Waals surface area contributed by atoms with Crippen LogP contribution in [-0.2, 0) is 16.1 Å². The standard InChI is InChI=1S/C29H28N6O4/c1-3-25(36)34-11-10-33(23-9-4-6-19(2)26(23)34)24-16-20-18-30-29-31-21-7-5-8-22(17-21)39-15-14-38-13-12-35(28(24)37)27(20)32-29/h3-9,16-18H,1,10-15H2,2H3,(H,30,31,32). The predicted octanol–water partition coefficient (Wildman–Crippen LogP) is 3.92. The van der Waals surface area contributed by atoms with Crippen molar-refractivity contribution in [2.24, 2.45) is 0 Å². The van der Waals surface area contributed by atoms with E-state index >= 15 is 0 Å². The van der Waals surface area contributed by atoms with Gasteiger partial charge < -0.3 is 24.6 Å². The minimum atomic E-state index is -0.197. The van der Waals surface area contributed by atoms with Gasteiger partial charge in [-0.15, -0.1) is 0 Å². The fraction of sp³-hybridized carbons (Fsp3) is 0.241. The Morgan fingerprint density at radius 1 is 1.05 bits per heavy atom. The summed E-state index contributed by atoms with van der Waals surface area (Å²) in [7, 11) is 0. The smallest absolute Gasteiger partial charge is 0.276 e. The second kappa shape index (κ2) is 10.2.